The third kappa shape index (κ3) is 3.91. The molecule has 0 atom stereocenters. The van der Waals surface area contributed by atoms with E-state index in [0.29, 0.717) is 11.5 Å². The van der Waals surface area contributed by atoms with Crippen molar-refractivity contribution in [3.8, 4) is 34.0 Å². The summed E-state index contributed by atoms with van der Waals surface area (Å²) >= 11 is 1.63. The Balaban J connectivity index is 1.25. The van der Waals surface area contributed by atoms with Crippen LogP contribution in [-0.4, -0.2) is 35.1 Å². The standard InChI is InChI=1S/C29H20N8S/c1-17(18-5-3-2-4-6-18)32-21-13-20(14-30-15-21)22-7-8-24-27(33-22)28(37-36-24)29-34-23-9-11-31-25(26(23)35-29)19-10-12-38-16-19/h2-16,32H,1H2,(H,34,35)(H,36,37). The van der Waals surface area contributed by atoms with E-state index in [1.165, 1.54) is 0 Å². The Bertz CT molecular complexity index is 1920. The van der Waals surface area contributed by atoms with Gasteiger partial charge in [0.25, 0.3) is 0 Å². The van der Waals surface area contributed by atoms with Gasteiger partial charge in [0.1, 0.15) is 11.0 Å². The van der Waals surface area contributed by atoms with Crippen LogP contribution in [0.25, 0.3) is 61.8 Å². The smallest absolute Gasteiger partial charge is 0.161 e. The number of rotatable bonds is 6. The number of pyridine rings is 3. The zero-order chi connectivity index (χ0) is 25.5. The first-order valence-electron chi connectivity index (χ1n) is 11.9. The highest BCUT2D eigenvalue weighted by atomic mass is 32.1. The molecule has 0 saturated heterocycles. The Morgan fingerprint density at radius 2 is 1.76 bits per heavy atom. The fourth-order valence-corrected chi connectivity index (χ4v) is 5.06. The minimum Gasteiger partial charge on any atom is -0.354 e. The van der Waals surface area contributed by atoms with Crippen molar-refractivity contribution in [3.05, 3.63) is 102 Å². The van der Waals surface area contributed by atoms with Crippen LogP contribution in [0.2, 0.25) is 0 Å². The van der Waals surface area contributed by atoms with Crippen LogP contribution in [0.4, 0.5) is 5.69 Å². The lowest BCUT2D eigenvalue weighted by Gasteiger charge is -2.10. The molecule has 0 aliphatic rings. The molecule has 6 aromatic heterocycles. The molecule has 0 unspecified atom stereocenters. The highest BCUT2D eigenvalue weighted by Crippen LogP contribution is 2.31. The molecule has 0 amide bonds. The molecule has 1 aromatic carbocycles. The van der Waals surface area contributed by atoms with Crippen LogP contribution in [0.3, 0.4) is 0 Å². The maximum Gasteiger partial charge on any atom is 0.161 e. The topological polar surface area (TPSA) is 108 Å². The summed E-state index contributed by atoms with van der Waals surface area (Å²) in [5.74, 6) is 0.632. The van der Waals surface area contributed by atoms with Crippen LogP contribution in [0.1, 0.15) is 5.56 Å². The molecule has 0 bridgehead atoms. The minimum atomic E-state index is 0.632. The second kappa shape index (κ2) is 9.06. The van der Waals surface area contributed by atoms with E-state index in [2.05, 4.69) is 42.4 Å². The number of thiophene rings is 1. The predicted molar refractivity (Wildman–Crippen MR) is 152 cm³/mol. The highest BCUT2D eigenvalue weighted by Gasteiger charge is 2.17. The zero-order valence-corrected chi connectivity index (χ0v) is 20.8. The van der Waals surface area contributed by atoms with E-state index in [1.807, 2.05) is 66.0 Å². The number of hydrogen-bond acceptors (Lipinski definition) is 7. The van der Waals surface area contributed by atoms with E-state index in [-0.39, 0.29) is 0 Å². The number of H-pyrrole nitrogens is 2. The van der Waals surface area contributed by atoms with E-state index in [1.54, 1.807) is 29.9 Å². The maximum absolute atomic E-state index is 4.94. The lowest BCUT2D eigenvalue weighted by Crippen LogP contribution is -1.98. The molecule has 7 rings (SSSR count). The molecule has 38 heavy (non-hydrogen) atoms. The van der Waals surface area contributed by atoms with Gasteiger partial charge in [-0.15, -0.1) is 0 Å². The number of benzene rings is 1. The molecule has 3 N–H and O–H groups in total. The van der Waals surface area contributed by atoms with Crippen LogP contribution in [0.15, 0.2) is 96.6 Å². The van der Waals surface area contributed by atoms with Crippen LogP contribution in [-0.2, 0) is 0 Å². The average Bonchev–Trinajstić information content (AvgIpc) is 3.73. The normalized spacial score (nSPS) is 11.3. The molecule has 9 heteroatoms. The van der Waals surface area contributed by atoms with Crippen molar-refractivity contribution in [1.82, 2.24) is 35.1 Å². The van der Waals surface area contributed by atoms with E-state index < -0.39 is 0 Å². The van der Waals surface area contributed by atoms with E-state index in [9.17, 15) is 0 Å². The SMILES string of the molecule is C=C(Nc1cncc(-c2ccc3[nH]nc(-c4nc5c(-c6ccsc6)nccc5[nH]4)c3n2)c1)c1ccccc1. The van der Waals surface area contributed by atoms with Crippen molar-refractivity contribution in [2.75, 3.05) is 5.32 Å². The van der Waals surface area contributed by atoms with E-state index in [4.69, 9.17) is 9.97 Å². The third-order valence-electron chi connectivity index (χ3n) is 6.28. The molecular formula is C29H20N8S. The monoisotopic (exact) mass is 512 g/mol. The summed E-state index contributed by atoms with van der Waals surface area (Å²) in [7, 11) is 0. The van der Waals surface area contributed by atoms with Gasteiger partial charge in [0.2, 0.25) is 0 Å². The van der Waals surface area contributed by atoms with Crippen molar-refractivity contribution in [1.29, 1.82) is 0 Å². The molecule has 182 valence electrons. The van der Waals surface area contributed by atoms with Gasteiger partial charge < -0.3 is 10.3 Å². The summed E-state index contributed by atoms with van der Waals surface area (Å²) in [5.41, 5.74) is 10.1. The largest absolute Gasteiger partial charge is 0.354 e. The van der Waals surface area contributed by atoms with E-state index >= 15 is 0 Å². The second-order valence-corrected chi connectivity index (χ2v) is 9.53. The molecule has 8 nitrogen and oxygen atoms in total. The molecule has 0 fully saturated rings. The molecular weight excluding hydrogens is 492 g/mol. The molecule has 0 aliphatic heterocycles. The van der Waals surface area contributed by atoms with E-state index in [0.717, 1.165) is 61.5 Å². The minimum absolute atomic E-state index is 0.632. The molecule has 0 spiro atoms. The first-order valence-corrected chi connectivity index (χ1v) is 12.9. The summed E-state index contributed by atoms with van der Waals surface area (Å²) in [6.45, 7) is 4.16. The lowest BCUT2D eigenvalue weighted by molar-refractivity contribution is 1.10. The molecule has 0 radical (unpaired) electrons. The second-order valence-electron chi connectivity index (χ2n) is 8.75. The Morgan fingerprint density at radius 3 is 2.63 bits per heavy atom. The Hall–Kier alpha value is -5.15. The fraction of sp³-hybridized carbons (Fsp3) is 0. The number of hydrogen-bond donors (Lipinski definition) is 3. The van der Waals surface area contributed by atoms with Crippen molar-refractivity contribution in [2.45, 2.75) is 0 Å². The summed E-state index contributed by atoms with van der Waals surface area (Å²) in [5, 5.41) is 15.1. The number of nitrogens with one attached hydrogen (secondary N) is 3. The summed E-state index contributed by atoms with van der Waals surface area (Å²) in [6.07, 6.45) is 5.36. The summed E-state index contributed by atoms with van der Waals surface area (Å²) in [4.78, 5) is 22.2. The Morgan fingerprint density at radius 1 is 0.868 bits per heavy atom. The number of fused-ring (bicyclic) bond motifs is 2. The number of imidazole rings is 1. The van der Waals surface area contributed by atoms with Gasteiger partial charge in [0, 0.05) is 34.6 Å². The van der Waals surface area contributed by atoms with Gasteiger partial charge in [-0.3, -0.25) is 15.1 Å². The molecule has 6 heterocycles. The van der Waals surface area contributed by atoms with Gasteiger partial charge in [-0.05, 0) is 41.3 Å². The van der Waals surface area contributed by atoms with Crippen molar-refractivity contribution in [3.63, 3.8) is 0 Å². The van der Waals surface area contributed by atoms with Crippen molar-refractivity contribution in [2.24, 2.45) is 0 Å². The molecule has 7 aromatic rings. The highest BCUT2D eigenvalue weighted by molar-refractivity contribution is 7.08. The van der Waals surface area contributed by atoms with Crippen LogP contribution < -0.4 is 5.32 Å². The Labute approximate surface area is 221 Å². The van der Waals surface area contributed by atoms with Gasteiger partial charge >= 0.3 is 0 Å². The fourth-order valence-electron chi connectivity index (χ4n) is 4.42. The lowest BCUT2D eigenvalue weighted by atomic mass is 10.1. The van der Waals surface area contributed by atoms with Gasteiger partial charge in [-0.2, -0.15) is 16.4 Å². The number of aromatic amines is 2. The Kier molecular flexibility index (Phi) is 5.26. The van der Waals surface area contributed by atoms with Gasteiger partial charge in [0.05, 0.1) is 34.3 Å². The van der Waals surface area contributed by atoms with Crippen LogP contribution >= 0.6 is 11.3 Å². The summed E-state index contributed by atoms with van der Waals surface area (Å²) < 4.78 is 0. The first kappa shape index (κ1) is 22.1. The quantitative estimate of drug-likeness (QED) is 0.227. The molecule has 0 saturated carbocycles. The summed E-state index contributed by atoms with van der Waals surface area (Å²) in [6, 6.07) is 19.9. The number of anilines is 1. The average molecular weight is 513 g/mol. The molecule has 0 aliphatic carbocycles. The number of aromatic nitrogens is 7. The van der Waals surface area contributed by atoms with Gasteiger partial charge in [-0.1, -0.05) is 36.9 Å². The van der Waals surface area contributed by atoms with Crippen molar-refractivity contribution >= 4 is 44.8 Å². The van der Waals surface area contributed by atoms with Gasteiger partial charge in [-0.25, -0.2) is 9.97 Å². The third-order valence-corrected chi connectivity index (χ3v) is 6.96. The predicted octanol–water partition coefficient (Wildman–Crippen LogP) is 6.77. The van der Waals surface area contributed by atoms with Gasteiger partial charge in [0.15, 0.2) is 11.5 Å². The van der Waals surface area contributed by atoms with Crippen molar-refractivity contribution < 1.29 is 0 Å². The zero-order valence-electron chi connectivity index (χ0n) is 20.0. The maximum atomic E-state index is 4.94. The van der Waals surface area contributed by atoms with Crippen LogP contribution in [0, 0.1) is 0 Å². The number of nitrogens with zero attached hydrogens (tertiary/aromatic N) is 5. The first-order chi connectivity index (χ1) is 18.7. The van der Waals surface area contributed by atoms with Crippen LogP contribution in [0.5, 0.6) is 0 Å².